The molecule has 2 heterocycles. The van der Waals surface area contributed by atoms with Crippen LogP contribution in [0, 0.1) is 0 Å². The molecule has 1 fully saturated rings. The summed E-state index contributed by atoms with van der Waals surface area (Å²) in [5.74, 6) is 0. The van der Waals surface area contributed by atoms with Gasteiger partial charge >= 0.3 is 5.69 Å². The second-order valence-electron chi connectivity index (χ2n) is 5.67. The summed E-state index contributed by atoms with van der Waals surface area (Å²) in [4.78, 5) is 26.5. The average molecular weight is 444 g/mol. The topological polar surface area (TPSA) is 105 Å². The number of H-pyrrole nitrogens is 1. The van der Waals surface area contributed by atoms with Gasteiger partial charge < -0.3 is 14.9 Å². The van der Waals surface area contributed by atoms with Crippen molar-refractivity contribution in [3.63, 3.8) is 0 Å². The number of nitrogens with one attached hydrogen (secondary N) is 1. The molecule has 24 heavy (non-hydrogen) atoms. The summed E-state index contributed by atoms with van der Waals surface area (Å²) in [6, 6.07) is 9.40. The number of aromatic nitrogens is 2. The highest BCUT2D eigenvalue weighted by molar-refractivity contribution is 14.1. The molecule has 1 aliphatic rings. The van der Waals surface area contributed by atoms with E-state index in [2.05, 4.69) is 4.98 Å². The third-order valence-corrected chi connectivity index (χ3v) is 5.56. The Bertz CT molecular complexity index is 819. The van der Waals surface area contributed by atoms with Crippen molar-refractivity contribution in [1.29, 1.82) is 0 Å². The van der Waals surface area contributed by atoms with Crippen molar-refractivity contribution >= 4 is 22.6 Å². The van der Waals surface area contributed by atoms with Crippen LogP contribution in [-0.4, -0.2) is 42.5 Å². The highest BCUT2D eigenvalue weighted by Crippen LogP contribution is 2.33. The van der Waals surface area contributed by atoms with Gasteiger partial charge in [0, 0.05) is 18.2 Å². The van der Waals surface area contributed by atoms with E-state index in [4.69, 9.17) is 4.74 Å². The van der Waals surface area contributed by atoms with Crippen LogP contribution < -0.4 is 11.2 Å². The summed E-state index contributed by atoms with van der Waals surface area (Å²) in [7, 11) is 0. The number of benzene rings is 1. The smallest absolute Gasteiger partial charge is 0.330 e. The Kier molecular flexibility index (Phi) is 5.18. The number of halogens is 1. The van der Waals surface area contributed by atoms with Crippen molar-refractivity contribution in [2.75, 3.05) is 6.61 Å². The van der Waals surface area contributed by atoms with Crippen molar-refractivity contribution in [3.05, 3.63) is 68.5 Å². The largest absolute Gasteiger partial charge is 0.394 e. The van der Waals surface area contributed by atoms with Crippen LogP contribution in [0.15, 0.2) is 46.1 Å². The van der Waals surface area contributed by atoms with E-state index in [1.807, 2.05) is 52.9 Å². The highest BCUT2D eigenvalue weighted by atomic mass is 127. The van der Waals surface area contributed by atoms with Gasteiger partial charge in [0.25, 0.3) is 5.56 Å². The molecule has 3 rings (SSSR count). The van der Waals surface area contributed by atoms with E-state index in [1.165, 1.54) is 10.8 Å². The van der Waals surface area contributed by atoms with E-state index in [9.17, 15) is 19.8 Å². The lowest BCUT2D eigenvalue weighted by molar-refractivity contribution is -0.0530. The lowest BCUT2D eigenvalue weighted by Gasteiger charge is -2.18. The molecule has 0 unspecified atom stereocenters. The molecule has 0 radical (unpaired) electrons. The van der Waals surface area contributed by atoms with Gasteiger partial charge in [0.1, 0.15) is 6.10 Å². The lowest BCUT2D eigenvalue weighted by atomic mass is 10.1. The van der Waals surface area contributed by atoms with Crippen molar-refractivity contribution in [3.8, 4) is 0 Å². The van der Waals surface area contributed by atoms with Gasteiger partial charge in [-0.2, -0.15) is 0 Å². The molecule has 0 bridgehead atoms. The normalized spacial score (nSPS) is 26.6. The number of aromatic amines is 1. The standard InChI is InChI=1S/C16H17IN2O5/c17-12-11(8-20)24-15(13(12)21)19-7-10(14(22)18-16(19)23)6-9-4-2-1-3-5-9/h1-5,7,11-13,15,20-21H,6,8H2,(H,18,22,23)/t11-,12-,13-,15-/m1/s1. The van der Waals surface area contributed by atoms with Crippen LogP contribution in [0.2, 0.25) is 0 Å². The minimum Gasteiger partial charge on any atom is -0.394 e. The Morgan fingerprint density at radius 2 is 1.96 bits per heavy atom. The fraction of sp³-hybridized carbons (Fsp3) is 0.375. The zero-order valence-electron chi connectivity index (χ0n) is 12.6. The molecule has 3 N–H and O–H groups in total. The summed E-state index contributed by atoms with van der Waals surface area (Å²) >= 11 is 1.99. The van der Waals surface area contributed by atoms with Crippen LogP contribution in [0.4, 0.5) is 0 Å². The lowest BCUT2D eigenvalue weighted by Crippen LogP contribution is -2.38. The van der Waals surface area contributed by atoms with E-state index in [1.54, 1.807) is 0 Å². The third-order valence-electron chi connectivity index (χ3n) is 4.02. The van der Waals surface area contributed by atoms with Gasteiger partial charge in [-0.15, -0.1) is 0 Å². The minimum absolute atomic E-state index is 0.254. The first-order valence-corrected chi connectivity index (χ1v) is 8.72. The fourth-order valence-electron chi connectivity index (χ4n) is 2.74. The predicted octanol–water partition coefficient (Wildman–Crippen LogP) is 0.182. The first kappa shape index (κ1) is 17.3. The second kappa shape index (κ2) is 7.18. The second-order valence-corrected chi connectivity index (χ2v) is 7.10. The molecule has 128 valence electrons. The Labute approximate surface area is 151 Å². The number of aliphatic hydroxyl groups excluding tert-OH is 2. The molecule has 8 heteroatoms. The molecule has 1 saturated heterocycles. The SMILES string of the molecule is O=c1[nH]c(=O)n([C@@H]2O[C@H](CO)[C@@H](I)[C@H]2O)cc1Cc1ccccc1. The summed E-state index contributed by atoms with van der Waals surface area (Å²) in [6.45, 7) is -0.254. The molecular formula is C16H17IN2O5. The van der Waals surface area contributed by atoms with Gasteiger partial charge in [0.15, 0.2) is 6.23 Å². The summed E-state index contributed by atoms with van der Waals surface area (Å²) < 4.78 is 6.41. The van der Waals surface area contributed by atoms with Gasteiger partial charge in [-0.05, 0) is 5.56 Å². The molecular weight excluding hydrogens is 427 g/mol. The van der Waals surface area contributed by atoms with E-state index < -0.39 is 29.7 Å². The van der Waals surface area contributed by atoms with Gasteiger partial charge in [0.05, 0.1) is 16.6 Å². The zero-order valence-corrected chi connectivity index (χ0v) is 14.8. The number of rotatable bonds is 4. The fourth-order valence-corrected chi connectivity index (χ4v) is 3.50. The van der Waals surface area contributed by atoms with Gasteiger partial charge in [-0.3, -0.25) is 14.3 Å². The number of hydrogen-bond donors (Lipinski definition) is 3. The van der Waals surface area contributed by atoms with Gasteiger partial charge in [0.2, 0.25) is 0 Å². The molecule has 0 spiro atoms. The van der Waals surface area contributed by atoms with E-state index in [-0.39, 0.29) is 10.5 Å². The number of hydrogen-bond acceptors (Lipinski definition) is 5. The number of aliphatic hydroxyl groups is 2. The van der Waals surface area contributed by atoms with Crippen LogP contribution >= 0.6 is 22.6 Å². The van der Waals surface area contributed by atoms with Crippen LogP contribution in [0.3, 0.4) is 0 Å². The van der Waals surface area contributed by atoms with E-state index in [0.717, 1.165) is 5.56 Å². The maximum Gasteiger partial charge on any atom is 0.330 e. The van der Waals surface area contributed by atoms with Crippen LogP contribution in [0.1, 0.15) is 17.4 Å². The van der Waals surface area contributed by atoms with Gasteiger partial charge in [-0.1, -0.05) is 52.9 Å². The molecule has 1 aromatic carbocycles. The van der Waals surface area contributed by atoms with Gasteiger partial charge in [-0.25, -0.2) is 4.79 Å². The van der Waals surface area contributed by atoms with Crippen molar-refractivity contribution in [2.45, 2.75) is 28.8 Å². The first-order chi connectivity index (χ1) is 11.5. The maximum absolute atomic E-state index is 12.1. The monoisotopic (exact) mass is 444 g/mol. The molecule has 7 nitrogen and oxygen atoms in total. The molecule has 1 aromatic heterocycles. The summed E-state index contributed by atoms with van der Waals surface area (Å²) in [6.07, 6.45) is -0.692. The van der Waals surface area contributed by atoms with Crippen molar-refractivity contribution in [2.24, 2.45) is 0 Å². The van der Waals surface area contributed by atoms with E-state index >= 15 is 0 Å². The highest BCUT2D eigenvalue weighted by Gasteiger charge is 2.43. The molecule has 2 aromatic rings. The summed E-state index contributed by atoms with van der Waals surface area (Å²) in [5.41, 5.74) is 0.218. The average Bonchev–Trinajstić information content (AvgIpc) is 2.86. The zero-order chi connectivity index (χ0) is 17.3. The first-order valence-electron chi connectivity index (χ1n) is 7.48. The van der Waals surface area contributed by atoms with Crippen LogP contribution in [0.25, 0.3) is 0 Å². The Hall–Kier alpha value is -1.49. The molecule has 0 amide bonds. The number of nitrogens with zero attached hydrogens (tertiary/aromatic N) is 1. The van der Waals surface area contributed by atoms with Crippen LogP contribution in [-0.2, 0) is 11.2 Å². The molecule has 1 aliphatic heterocycles. The quantitative estimate of drug-likeness (QED) is 0.461. The Morgan fingerprint density at radius 3 is 2.58 bits per heavy atom. The predicted molar refractivity (Wildman–Crippen MR) is 95.4 cm³/mol. The summed E-state index contributed by atoms with van der Waals surface area (Å²) in [5, 5.41) is 19.6. The third kappa shape index (κ3) is 3.32. The molecule has 0 aliphatic carbocycles. The number of alkyl halides is 1. The molecule has 0 saturated carbocycles. The Balaban J connectivity index is 1.96. The van der Waals surface area contributed by atoms with Crippen molar-refractivity contribution < 1.29 is 14.9 Å². The Morgan fingerprint density at radius 1 is 1.25 bits per heavy atom. The van der Waals surface area contributed by atoms with Crippen molar-refractivity contribution in [1.82, 2.24) is 9.55 Å². The number of ether oxygens (including phenoxy) is 1. The minimum atomic E-state index is -0.962. The molecule has 4 atom stereocenters. The van der Waals surface area contributed by atoms with E-state index in [0.29, 0.717) is 12.0 Å². The maximum atomic E-state index is 12.1. The van der Waals surface area contributed by atoms with Crippen LogP contribution in [0.5, 0.6) is 0 Å².